The molecule has 0 radical (unpaired) electrons. The molecule has 22 heavy (non-hydrogen) atoms. The standard InChI is InChI=1S/C17H25N3OS/c1-19-10-8-17(11-19)7-4-9-20(12-17)16(21)15-18-13-5-2-3-6-14(13)22-15/h2-12H2,1H3/t17-/m1/s1. The number of rotatable bonds is 1. The number of amides is 1. The van der Waals surface area contributed by atoms with E-state index in [4.69, 9.17) is 0 Å². The second-order valence-electron chi connectivity index (χ2n) is 7.41. The number of fused-ring (bicyclic) bond motifs is 1. The molecular formula is C17H25N3OS. The average molecular weight is 319 g/mol. The number of thiazole rings is 1. The van der Waals surface area contributed by atoms with Crippen LogP contribution in [0.25, 0.3) is 0 Å². The van der Waals surface area contributed by atoms with Gasteiger partial charge in [-0.2, -0.15) is 0 Å². The van der Waals surface area contributed by atoms with Gasteiger partial charge in [-0.05, 0) is 58.5 Å². The SMILES string of the molecule is CN1CC[C@]2(CCCN(C(=O)c3nc4c(s3)CCCC4)C2)C1. The van der Waals surface area contributed by atoms with Gasteiger partial charge in [0.2, 0.25) is 0 Å². The highest BCUT2D eigenvalue weighted by atomic mass is 32.1. The van der Waals surface area contributed by atoms with Gasteiger partial charge in [-0.3, -0.25) is 4.79 Å². The summed E-state index contributed by atoms with van der Waals surface area (Å²) in [6, 6.07) is 0. The fourth-order valence-corrected chi connectivity index (χ4v) is 5.57. The molecule has 120 valence electrons. The Morgan fingerprint density at radius 1 is 1.14 bits per heavy atom. The number of aryl methyl sites for hydroxylation is 2. The summed E-state index contributed by atoms with van der Waals surface area (Å²) in [6.45, 7) is 4.16. The van der Waals surface area contributed by atoms with E-state index in [2.05, 4.69) is 21.8 Å². The monoisotopic (exact) mass is 319 g/mol. The maximum Gasteiger partial charge on any atom is 0.282 e. The van der Waals surface area contributed by atoms with Crippen LogP contribution in [-0.2, 0) is 12.8 Å². The Kier molecular flexibility index (Phi) is 3.73. The van der Waals surface area contributed by atoms with Gasteiger partial charge >= 0.3 is 0 Å². The van der Waals surface area contributed by atoms with Crippen LogP contribution >= 0.6 is 11.3 Å². The van der Waals surface area contributed by atoms with Gasteiger partial charge in [0.05, 0.1) is 5.69 Å². The molecule has 0 unspecified atom stereocenters. The summed E-state index contributed by atoms with van der Waals surface area (Å²) >= 11 is 1.66. The lowest BCUT2D eigenvalue weighted by Gasteiger charge is -2.40. The molecule has 0 aromatic carbocycles. The van der Waals surface area contributed by atoms with E-state index in [1.54, 1.807) is 11.3 Å². The van der Waals surface area contributed by atoms with Crippen LogP contribution in [0.5, 0.6) is 0 Å². The van der Waals surface area contributed by atoms with Crippen molar-refractivity contribution in [3.05, 3.63) is 15.6 Å². The maximum absolute atomic E-state index is 12.9. The molecule has 4 nitrogen and oxygen atoms in total. The van der Waals surface area contributed by atoms with E-state index in [9.17, 15) is 4.79 Å². The highest BCUT2D eigenvalue weighted by Gasteiger charge is 2.41. The van der Waals surface area contributed by atoms with Gasteiger partial charge in [-0.1, -0.05) is 0 Å². The van der Waals surface area contributed by atoms with Gasteiger partial charge in [-0.15, -0.1) is 11.3 Å². The van der Waals surface area contributed by atoms with Crippen molar-refractivity contribution >= 4 is 17.2 Å². The smallest absolute Gasteiger partial charge is 0.282 e. The van der Waals surface area contributed by atoms with Gasteiger partial charge in [0.1, 0.15) is 0 Å². The summed E-state index contributed by atoms with van der Waals surface area (Å²) in [4.78, 5) is 23.4. The number of hydrogen-bond acceptors (Lipinski definition) is 4. The zero-order valence-corrected chi connectivity index (χ0v) is 14.3. The number of hydrogen-bond donors (Lipinski definition) is 0. The number of aromatic nitrogens is 1. The molecule has 2 fully saturated rings. The van der Waals surface area contributed by atoms with Crippen molar-refractivity contribution < 1.29 is 4.79 Å². The highest BCUT2D eigenvalue weighted by Crippen LogP contribution is 2.39. The summed E-state index contributed by atoms with van der Waals surface area (Å²) in [5, 5.41) is 0.746. The van der Waals surface area contributed by atoms with Crippen LogP contribution in [0.2, 0.25) is 0 Å². The Balaban J connectivity index is 1.51. The quantitative estimate of drug-likeness (QED) is 0.798. The molecule has 1 amide bonds. The van der Waals surface area contributed by atoms with E-state index in [-0.39, 0.29) is 5.91 Å². The van der Waals surface area contributed by atoms with E-state index in [0.717, 1.165) is 43.9 Å². The Morgan fingerprint density at radius 2 is 2.00 bits per heavy atom. The van der Waals surface area contributed by atoms with Gasteiger partial charge < -0.3 is 9.80 Å². The summed E-state index contributed by atoms with van der Waals surface area (Å²) in [6.07, 6.45) is 8.32. The molecule has 4 rings (SSSR count). The molecule has 3 heterocycles. The van der Waals surface area contributed by atoms with E-state index in [1.807, 2.05) is 0 Å². The molecule has 1 spiro atoms. The van der Waals surface area contributed by atoms with Gasteiger partial charge in [0.25, 0.3) is 5.91 Å². The zero-order chi connectivity index (χ0) is 15.2. The second kappa shape index (κ2) is 5.60. The fourth-order valence-electron chi connectivity index (χ4n) is 4.45. The lowest BCUT2D eigenvalue weighted by Crippen LogP contribution is -2.47. The average Bonchev–Trinajstić information content (AvgIpc) is 3.10. The van der Waals surface area contributed by atoms with Crippen molar-refractivity contribution in [2.24, 2.45) is 5.41 Å². The number of carbonyl (C=O) groups is 1. The van der Waals surface area contributed by atoms with Crippen LogP contribution in [0.4, 0.5) is 0 Å². The number of likely N-dealkylation sites (tertiary alicyclic amines) is 2. The molecule has 1 atom stereocenters. The van der Waals surface area contributed by atoms with Crippen molar-refractivity contribution in [2.75, 3.05) is 33.2 Å². The number of piperidine rings is 1. The predicted molar refractivity (Wildman–Crippen MR) is 88.4 cm³/mol. The largest absolute Gasteiger partial charge is 0.336 e. The van der Waals surface area contributed by atoms with Crippen molar-refractivity contribution in [3.63, 3.8) is 0 Å². The van der Waals surface area contributed by atoms with Crippen molar-refractivity contribution in [2.45, 2.75) is 44.9 Å². The van der Waals surface area contributed by atoms with Crippen LogP contribution in [0.1, 0.15) is 52.5 Å². The molecular weight excluding hydrogens is 294 g/mol. The molecule has 2 aliphatic heterocycles. The maximum atomic E-state index is 12.9. The predicted octanol–water partition coefficient (Wildman–Crippen LogP) is 2.58. The topological polar surface area (TPSA) is 36.4 Å². The lowest BCUT2D eigenvalue weighted by molar-refractivity contribution is 0.0534. The normalized spacial score (nSPS) is 29.0. The first-order valence-corrected chi connectivity index (χ1v) is 9.43. The Bertz CT molecular complexity index is 557. The first-order valence-electron chi connectivity index (χ1n) is 8.62. The minimum atomic E-state index is 0.188. The summed E-state index contributed by atoms with van der Waals surface area (Å²) in [5.74, 6) is 0.188. The Hall–Kier alpha value is -0.940. The van der Waals surface area contributed by atoms with Crippen molar-refractivity contribution in [3.8, 4) is 0 Å². The van der Waals surface area contributed by atoms with E-state index in [1.165, 1.54) is 42.8 Å². The molecule has 1 aromatic rings. The Morgan fingerprint density at radius 3 is 2.77 bits per heavy atom. The van der Waals surface area contributed by atoms with Crippen LogP contribution in [0.3, 0.4) is 0 Å². The number of nitrogens with zero attached hydrogens (tertiary/aromatic N) is 3. The van der Waals surface area contributed by atoms with Crippen molar-refractivity contribution in [1.82, 2.24) is 14.8 Å². The Labute approximate surface area is 136 Å². The first-order chi connectivity index (χ1) is 10.7. The zero-order valence-electron chi connectivity index (χ0n) is 13.4. The number of carbonyl (C=O) groups excluding carboxylic acids is 1. The third-order valence-corrected chi connectivity index (χ3v) is 6.75. The van der Waals surface area contributed by atoms with Crippen LogP contribution in [0, 0.1) is 5.41 Å². The van der Waals surface area contributed by atoms with Gasteiger partial charge in [-0.25, -0.2) is 4.98 Å². The highest BCUT2D eigenvalue weighted by molar-refractivity contribution is 7.13. The third-order valence-electron chi connectivity index (χ3n) is 5.61. The van der Waals surface area contributed by atoms with Crippen molar-refractivity contribution in [1.29, 1.82) is 0 Å². The summed E-state index contributed by atoms with van der Waals surface area (Å²) < 4.78 is 0. The van der Waals surface area contributed by atoms with Gasteiger partial charge in [0.15, 0.2) is 5.01 Å². The first kappa shape index (κ1) is 14.6. The molecule has 0 N–H and O–H groups in total. The van der Waals surface area contributed by atoms with Crippen LogP contribution in [-0.4, -0.2) is 53.9 Å². The minimum absolute atomic E-state index is 0.188. The molecule has 0 saturated carbocycles. The molecule has 1 aliphatic carbocycles. The van der Waals surface area contributed by atoms with E-state index in [0.29, 0.717) is 5.41 Å². The minimum Gasteiger partial charge on any atom is -0.336 e. The van der Waals surface area contributed by atoms with E-state index >= 15 is 0 Å². The summed E-state index contributed by atoms with van der Waals surface area (Å²) in [5.41, 5.74) is 1.55. The second-order valence-corrected chi connectivity index (χ2v) is 8.50. The molecule has 0 bridgehead atoms. The van der Waals surface area contributed by atoms with Crippen LogP contribution in [0.15, 0.2) is 0 Å². The lowest BCUT2D eigenvalue weighted by atomic mass is 9.79. The third kappa shape index (κ3) is 2.58. The van der Waals surface area contributed by atoms with Gasteiger partial charge in [0, 0.05) is 29.9 Å². The summed E-state index contributed by atoms with van der Waals surface area (Å²) in [7, 11) is 2.20. The fraction of sp³-hybridized carbons (Fsp3) is 0.765. The molecule has 1 aromatic heterocycles. The van der Waals surface area contributed by atoms with Crippen LogP contribution < -0.4 is 0 Å². The van der Waals surface area contributed by atoms with E-state index < -0.39 is 0 Å². The molecule has 5 heteroatoms. The molecule has 3 aliphatic rings. The molecule has 2 saturated heterocycles.